The van der Waals surface area contributed by atoms with Crippen LogP contribution in [-0.4, -0.2) is 40.1 Å². The maximum atomic E-state index is 13.6. The van der Waals surface area contributed by atoms with Gasteiger partial charge in [-0.05, 0) is 43.5 Å². The van der Waals surface area contributed by atoms with Crippen LogP contribution in [0.3, 0.4) is 0 Å². The topological polar surface area (TPSA) is 53.4 Å². The molecule has 0 spiro atoms. The second kappa shape index (κ2) is 5.02. The summed E-state index contributed by atoms with van der Waals surface area (Å²) in [5.41, 5.74) is 2.08. The van der Waals surface area contributed by atoms with Crippen LogP contribution in [0, 0.1) is 5.82 Å². The quantitative estimate of drug-likeness (QED) is 0.927. The van der Waals surface area contributed by atoms with E-state index in [2.05, 4.69) is 4.98 Å². The van der Waals surface area contributed by atoms with Crippen LogP contribution in [0.5, 0.6) is 0 Å². The number of aliphatic hydroxyl groups is 1. The number of nitrogens with zero attached hydrogens (tertiary/aromatic N) is 2. The lowest BCUT2D eigenvalue weighted by atomic mass is 10.0. The van der Waals surface area contributed by atoms with Gasteiger partial charge in [-0.25, -0.2) is 4.39 Å². The lowest BCUT2D eigenvalue weighted by Crippen LogP contribution is -2.29. The van der Waals surface area contributed by atoms with Crippen molar-refractivity contribution in [3.63, 3.8) is 0 Å². The Balaban J connectivity index is 1.83. The lowest BCUT2D eigenvalue weighted by Gasteiger charge is -2.17. The molecule has 0 bridgehead atoms. The summed E-state index contributed by atoms with van der Waals surface area (Å²) in [7, 11) is 0. The van der Waals surface area contributed by atoms with Crippen LogP contribution in [0.4, 0.5) is 4.39 Å². The second-order valence-electron chi connectivity index (χ2n) is 6.22. The standard InChI is InChI=1S/C17H17FN2O2/c18-11-3-4-15-13(7-11)14(8-16(19-15)10-1-2-10)17(22)20-6-5-12(21)9-20/h3-4,7-8,10,12,21H,1-2,5-6,9H2/t12-/m1/s1. The van der Waals surface area contributed by atoms with E-state index in [0.717, 1.165) is 18.5 Å². The van der Waals surface area contributed by atoms with Crippen molar-refractivity contribution in [2.75, 3.05) is 13.1 Å². The van der Waals surface area contributed by atoms with Gasteiger partial charge in [-0.2, -0.15) is 0 Å². The average molecular weight is 300 g/mol. The molecule has 4 rings (SSSR count). The van der Waals surface area contributed by atoms with Crippen molar-refractivity contribution in [2.24, 2.45) is 0 Å². The summed E-state index contributed by atoms with van der Waals surface area (Å²) in [5.74, 6) is -0.0920. The Morgan fingerprint density at radius 1 is 1.27 bits per heavy atom. The van der Waals surface area contributed by atoms with Crippen molar-refractivity contribution in [2.45, 2.75) is 31.3 Å². The maximum absolute atomic E-state index is 13.6. The van der Waals surface area contributed by atoms with Crippen LogP contribution in [0.15, 0.2) is 24.3 Å². The largest absolute Gasteiger partial charge is 0.391 e. The second-order valence-corrected chi connectivity index (χ2v) is 6.22. The van der Waals surface area contributed by atoms with Gasteiger partial charge in [-0.1, -0.05) is 0 Å². The summed E-state index contributed by atoms with van der Waals surface area (Å²) in [6, 6.07) is 6.19. The molecular formula is C17H17FN2O2. The first-order valence-electron chi connectivity index (χ1n) is 7.69. The molecule has 2 aromatic rings. The summed E-state index contributed by atoms with van der Waals surface area (Å²) in [5, 5.41) is 10.2. The van der Waals surface area contributed by atoms with Crippen LogP contribution >= 0.6 is 0 Å². The SMILES string of the molecule is O=C(c1cc(C2CC2)nc2ccc(F)cc12)N1CC[C@@H](O)C1. The highest BCUT2D eigenvalue weighted by Gasteiger charge is 2.30. The number of benzene rings is 1. The number of carbonyl (C=O) groups is 1. The number of halogens is 1. The molecule has 4 nitrogen and oxygen atoms in total. The minimum Gasteiger partial charge on any atom is -0.391 e. The molecule has 1 amide bonds. The number of amides is 1. The third kappa shape index (κ3) is 2.35. The normalized spacial score (nSPS) is 21.5. The van der Waals surface area contributed by atoms with E-state index in [1.54, 1.807) is 11.0 Å². The van der Waals surface area contributed by atoms with E-state index in [9.17, 15) is 14.3 Å². The van der Waals surface area contributed by atoms with Gasteiger partial charge in [0.25, 0.3) is 5.91 Å². The zero-order valence-electron chi connectivity index (χ0n) is 12.1. The molecule has 1 aromatic carbocycles. The number of fused-ring (bicyclic) bond motifs is 1. The smallest absolute Gasteiger partial charge is 0.254 e. The van der Waals surface area contributed by atoms with E-state index in [4.69, 9.17) is 0 Å². The number of carbonyl (C=O) groups excluding carboxylic acids is 1. The molecular weight excluding hydrogens is 283 g/mol. The van der Waals surface area contributed by atoms with Crippen molar-refractivity contribution in [1.82, 2.24) is 9.88 Å². The molecule has 1 aliphatic carbocycles. The average Bonchev–Trinajstić information content (AvgIpc) is 3.27. The third-order valence-electron chi connectivity index (χ3n) is 4.47. The van der Waals surface area contributed by atoms with E-state index in [1.165, 1.54) is 12.1 Å². The molecule has 0 radical (unpaired) electrons. The van der Waals surface area contributed by atoms with Crippen LogP contribution in [0.2, 0.25) is 0 Å². The highest BCUT2D eigenvalue weighted by Crippen LogP contribution is 2.40. The predicted octanol–water partition coefficient (Wildman–Crippen LogP) is 2.46. The van der Waals surface area contributed by atoms with Gasteiger partial charge in [-0.15, -0.1) is 0 Å². The molecule has 1 atom stereocenters. The fourth-order valence-electron chi connectivity index (χ4n) is 3.08. The summed E-state index contributed by atoms with van der Waals surface area (Å²) in [6.45, 7) is 0.884. The van der Waals surface area contributed by atoms with Gasteiger partial charge in [0.15, 0.2) is 0 Å². The Morgan fingerprint density at radius 3 is 2.77 bits per heavy atom. The highest BCUT2D eigenvalue weighted by atomic mass is 19.1. The van der Waals surface area contributed by atoms with E-state index >= 15 is 0 Å². The van der Waals surface area contributed by atoms with Crippen molar-refractivity contribution in [3.8, 4) is 0 Å². The van der Waals surface area contributed by atoms with E-state index in [1.807, 2.05) is 6.07 Å². The number of rotatable bonds is 2. The first kappa shape index (κ1) is 13.6. The van der Waals surface area contributed by atoms with Crippen LogP contribution in [0.1, 0.15) is 41.2 Å². The third-order valence-corrected chi connectivity index (χ3v) is 4.47. The number of aliphatic hydroxyl groups excluding tert-OH is 1. The van der Waals surface area contributed by atoms with Crippen molar-refractivity contribution in [3.05, 3.63) is 41.3 Å². The molecule has 2 heterocycles. The molecule has 1 aromatic heterocycles. The minimum atomic E-state index is -0.461. The van der Waals surface area contributed by atoms with Crippen molar-refractivity contribution < 1.29 is 14.3 Å². The van der Waals surface area contributed by atoms with Gasteiger partial charge in [0.1, 0.15) is 5.82 Å². The van der Waals surface area contributed by atoms with Crippen LogP contribution in [0.25, 0.3) is 10.9 Å². The highest BCUT2D eigenvalue weighted by molar-refractivity contribution is 6.06. The summed E-state index contributed by atoms with van der Waals surface area (Å²) in [4.78, 5) is 19.0. The van der Waals surface area contributed by atoms with Gasteiger partial charge < -0.3 is 10.0 Å². The van der Waals surface area contributed by atoms with Gasteiger partial charge in [0.05, 0.1) is 17.2 Å². The molecule has 114 valence electrons. The Bertz CT molecular complexity index is 758. The van der Waals surface area contributed by atoms with Gasteiger partial charge in [0, 0.05) is 30.1 Å². The van der Waals surface area contributed by atoms with Crippen molar-refractivity contribution in [1.29, 1.82) is 0 Å². The van der Waals surface area contributed by atoms with Crippen LogP contribution < -0.4 is 0 Å². The first-order valence-corrected chi connectivity index (χ1v) is 7.69. The molecule has 5 heteroatoms. The van der Waals surface area contributed by atoms with Crippen LogP contribution in [-0.2, 0) is 0 Å². The fourth-order valence-corrected chi connectivity index (χ4v) is 3.08. The van der Waals surface area contributed by atoms with Gasteiger partial charge in [0.2, 0.25) is 0 Å². The fraction of sp³-hybridized carbons (Fsp3) is 0.412. The van der Waals surface area contributed by atoms with E-state index < -0.39 is 6.10 Å². The molecule has 1 saturated carbocycles. The molecule has 0 unspecified atom stereocenters. The van der Waals surface area contributed by atoms with E-state index in [0.29, 0.717) is 41.9 Å². The molecule has 2 fully saturated rings. The molecule has 1 saturated heterocycles. The molecule has 22 heavy (non-hydrogen) atoms. The van der Waals surface area contributed by atoms with Crippen molar-refractivity contribution >= 4 is 16.8 Å². The first-order chi connectivity index (χ1) is 10.6. The van der Waals surface area contributed by atoms with E-state index in [-0.39, 0.29) is 11.7 Å². The Morgan fingerprint density at radius 2 is 2.09 bits per heavy atom. The zero-order chi connectivity index (χ0) is 15.3. The Kier molecular flexibility index (Phi) is 3.11. The zero-order valence-corrected chi connectivity index (χ0v) is 12.1. The number of aromatic nitrogens is 1. The summed E-state index contributed by atoms with van der Waals surface area (Å²) < 4.78 is 13.6. The lowest BCUT2D eigenvalue weighted by molar-refractivity contribution is 0.0766. The number of pyridine rings is 1. The van der Waals surface area contributed by atoms with Gasteiger partial charge in [-0.3, -0.25) is 9.78 Å². The molecule has 1 N–H and O–H groups in total. The molecule has 2 aliphatic rings. The van der Waals surface area contributed by atoms with Gasteiger partial charge >= 0.3 is 0 Å². The maximum Gasteiger partial charge on any atom is 0.254 e. The Labute approximate surface area is 127 Å². The summed E-state index contributed by atoms with van der Waals surface area (Å²) >= 11 is 0. The summed E-state index contributed by atoms with van der Waals surface area (Å²) in [6.07, 6.45) is 2.32. The molecule has 1 aliphatic heterocycles. The monoisotopic (exact) mass is 300 g/mol. The Hall–Kier alpha value is -2.01. The number of likely N-dealkylation sites (tertiary alicyclic amines) is 1. The predicted molar refractivity (Wildman–Crippen MR) is 80.2 cm³/mol. The number of hydrogen-bond donors (Lipinski definition) is 1. The number of β-amino-alcohol motifs (C(OH)–C–C–N with tert-alkyl or cyclic N) is 1. The minimum absolute atomic E-state index is 0.142. The number of hydrogen-bond acceptors (Lipinski definition) is 3.